The third-order valence-corrected chi connectivity index (χ3v) is 4.38. The van der Waals surface area contributed by atoms with Gasteiger partial charge in [0.2, 0.25) is 0 Å². The van der Waals surface area contributed by atoms with Gasteiger partial charge >= 0.3 is 5.97 Å². The van der Waals surface area contributed by atoms with E-state index in [4.69, 9.17) is 5.11 Å². The van der Waals surface area contributed by atoms with E-state index in [0.29, 0.717) is 6.04 Å². The van der Waals surface area contributed by atoms with Crippen molar-refractivity contribution in [3.05, 3.63) is 18.1 Å². The minimum absolute atomic E-state index is 0.0366. The van der Waals surface area contributed by atoms with Gasteiger partial charge in [-0.15, -0.1) is 0 Å². The summed E-state index contributed by atoms with van der Waals surface area (Å²) in [6, 6.07) is 0.529. The molecule has 1 unspecified atom stereocenters. The fourth-order valence-electron chi connectivity index (χ4n) is 3.51. The number of hydrogen-bond donors (Lipinski definition) is 1. The van der Waals surface area contributed by atoms with E-state index < -0.39 is 5.97 Å². The molecule has 102 valence electrons. The Morgan fingerprint density at radius 2 is 2.00 bits per heavy atom. The van der Waals surface area contributed by atoms with Gasteiger partial charge in [0.1, 0.15) is 5.82 Å². The van der Waals surface area contributed by atoms with Crippen LogP contribution in [-0.4, -0.2) is 33.6 Å². The van der Waals surface area contributed by atoms with Crippen molar-refractivity contribution in [3.8, 4) is 0 Å². The van der Waals surface area contributed by atoms with Gasteiger partial charge in [0.05, 0.1) is 12.4 Å². The van der Waals surface area contributed by atoms with Crippen LogP contribution in [0.2, 0.25) is 0 Å². The van der Waals surface area contributed by atoms with Crippen LogP contribution >= 0.6 is 0 Å². The molecular formula is C14H19N3O2. The van der Waals surface area contributed by atoms with Gasteiger partial charge in [-0.1, -0.05) is 12.8 Å². The zero-order valence-corrected chi connectivity index (χ0v) is 11.0. The first-order chi connectivity index (χ1) is 9.25. The Hall–Kier alpha value is -1.65. The quantitative estimate of drug-likeness (QED) is 0.904. The molecule has 0 aromatic carbocycles. The summed E-state index contributed by atoms with van der Waals surface area (Å²) < 4.78 is 0. The molecule has 5 nitrogen and oxygen atoms in total. The highest BCUT2D eigenvalue weighted by Crippen LogP contribution is 2.36. The number of aromatic carboxylic acids is 1. The lowest BCUT2D eigenvalue weighted by Gasteiger charge is -2.30. The minimum atomic E-state index is -1.01. The Bertz CT molecular complexity index is 472. The average Bonchev–Trinajstić information content (AvgIpc) is 3.09. The molecule has 1 saturated carbocycles. The van der Waals surface area contributed by atoms with Gasteiger partial charge in [-0.25, -0.2) is 9.78 Å². The molecule has 2 heterocycles. The molecule has 1 saturated heterocycles. The molecule has 1 aliphatic carbocycles. The maximum atomic E-state index is 11.0. The lowest BCUT2D eigenvalue weighted by atomic mass is 9.96. The maximum Gasteiger partial charge on any atom is 0.356 e. The molecule has 0 amide bonds. The number of anilines is 1. The van der Waals surface area contributed by atoms with Crippen molar-refractivity contribution in [1.82, 2.24) is 9.97 Å². The van der Waals surface area contributed by atoms with E-state index in [1.54, 1.807) is 6.20 Å². The van der Waals surface area contributed by atoms with Crippen molar-refractivity contribution in [2.24, 2.45) is 5.92 Å². The molecule has 5 heteroatoms. The number of aromatic nitrogens is 2. The van der Waals surface area contributed by atoms with E-state index in [-0.39, 0.29) is 5.69 Å². The molecule has 0 radical (unpaired) electrons. The van der Waals surface area contributed by atoms with Gasteiger partial charge in [-0.3, -0.25) is 4.98 Å². The standard InChI is InChI=1S/C14H19N3O2/c18-14(19)11-8-15-9-13(16-11)17-7-3-6-12(17)10-4-1-2-5-10/h8-10,12H,1-7H2,(H,18,19). The lowest BCUT2D eigenvalue weighted by molar-refractivity contribution is 0.0690. The second kappa shape index (κ2) is 5.15. The molecule has 2 aliphatic rings. The van der Waals surface area contributed by atoms with Gasteiger partial charge in [-0.2, -0.15) is 0 Å². The number of nitrogens with zero attached hydrogens (tertiary/aromatic N) is 3. The van der Waals surface area contributed by atoms with Crippen LogP contribution in [-0.2, 0) is 0 Å². The Balaban J connectivity index is 1.83. The summed E-state index contributed by atoms with van der Waals surface area (Å²) in [6.07, 6.45) is 10.6. The first-order valence-electron chi connectivity index (χ1n) is 7.07. The summed E-state index contributed by atoms with van der Waals surface area (Å²) in [7, 11) is 0. The zero-order valence-electron chi connectivity index (χ0n) is 11.0. The summed E-state index contributed by atoms with van der Waals surface area (Å²) >= 11 is 0. The van der Waals surface area contributed by atoms with Crippen molar-refractivity contribution < 1.29 is 9.90 Å². The predicted octanol–water partition coefficient (Wildman–Crippen LogP) is 2.33. The first kappa shape index (κ1) is 12.4. The SMILES string of the molecule is O=C(O)c1cncc(N2CCCC2C2CCCC2)n1. The van der Waals surface area contributed by atoms with Crippen LogP contribution in [0.3, 0.4) is 0 Å². The normalized spacial score (nSPS) is 24.0. The minimum Gasteiger partial charge on any atom is -0.476 e. The van der Waals surface area contributed by atoms with Crippen LogP contribution in [0.4, 0.5) is 5.82 Å². The maximum absolute atomic E-state index is 11.0. The van der Waals surface area contributed by atoms with Crippen molar-refractivity contribution in [3.63, 3.8) is 0 Å². The molecule has 0 spiro atoms. The highest BCUT2D eigenvalue weighted by molar-refractivity contribution is 5.85. The molecule has 2 fully saturated rings. The summed E-state index contributed by atoms with van der Waals surface area (Å²) in [5.74, 6) is 0.470. The van der Waals surface area contributed by atoms with E-state index in [1.807, 2.05) is 0 Å². The zero-order chi connectivity index (χ0) is 13.2. The van der Waals surface area contributed by atoms with Crippen LogP contribution in [0, 0.1) is 5.92 Å². The van der Waals surface area contributed by atoms with E-state index in [0.717, 1.165) is 18.3 Å². The van der Waals surface area contributed by atoms with Gasteiger partial charge in [-0.05, 0) is 31.6 Å². The number of carboxylic acids is 1. The Labute approximate surface area is 112 Å². The first-order valence-corrected chi connectivity index (χ1v) is 7.07. The van der Waals surface area contributed by atoms with Gasteiger partial charge in [0, 0.05) is 12.6 Å². The van der Waals surface area contributed by atoms with Crippen molar-refractivity contribution >= 4 is 11.8 Å². The smallest absolute Gasteiger partial charge is 0.356 e. The van der Waals surface area contributed by atoms with Crippen LogP contribution in [0.15, 0.2) is 12.4 Å². The van der Waals surface area contributed by atoms with E-state index in [2.05, 4.69) is 14.9 Å². The highest BCUT2D eigenvalue weighted by atomic mass is 16.4. The number of rotatable bonds is 3. The number of hydrogen-bond acceptors (Lipinski definition) is 4. The van der Waals surface area contributed by atoms with Crippen LogP contribution < -0.4 is 4.90 Å². The number of carboxylic acid groups (broad SMARTS) is 1. The van der Waals surface area contributed by atoms with E-state index >= 15 is 0 Å². The lowest BCUT2D eigenvalue weighted by Crippen LogP contribution is -2.35. The van der Waals surface area contributed by atoms with Crippen LogP contribution in [0.25, 0.3) is 0 Å². The molecule has 19 heavy (non-hydrogen) atoms. The molecular weight excluding hydrogens is 242 g/mol. The number of carbonyl (C=O) groups is 1. The summed E-state index contributed by atoms with van der Waals surface area (Å²) in [4.78, 5) is 21.5. The molecule has 1 N–H and O–H groups in total. The Morgan fingerprint density at radius 1 is 1.21 bits per heavy atom. The molecule has 0 bridgehead atoms. The fourth-order valence-corrected chi connectivity index (χ4v) is 3.51. The molecule has 1 aromatic heterocycles. The third-order valence-electron chi connectivity index (χ3n) is 4.38. The fraction of sp³-hybridized carbons (Fsp3) is 0.643. The van der Waals surface area contributed by atoms with Gasteiger partial charge in [0.15, 0.2) is 5.69 Å². The predicted molar refractivity (Wildman–Crippen MR) is 71.3 cm³/mol. The monoisotopic (exact) mass is 261 g/mol. The Morgan fingerprint density at radius 3 is 2.74 bits per heavy atom. The van der Waals surface area contributed by atoms with Gasteiger partial charge in [0.25, 0.3) is 0 Å². The molecule has 3 rings (SSSR count). The summed E-state index contributed by atoms with van der Waals surface area (Å²) in [5.41, 5.74) is 0.0366. The third kappa shape index (κ3) is 2.41. The highest BCUT2D eigenvalue weighted by Gasteiger charge is 2.34. The van der Waals surface area contributed by atoms with Crippen molar-refractivity contribution in [2.75, 3.05) is 11.4 Å². The topological polar surface area (TPSA) is 66.3 Å². The Kier molecular flexibility index (Phi) is 3.36. The van der Waals surface area contributed by atoms with E-state index in [9.17, 15) is 4.79 Å². The summed E-state index contributed by atoms with van der Waals surface area (Å²) in [6.45, 7) is 0.971. The summed E-state index contributed by atoms with van der Waals surface area (Å²) in [5, 5.41) is 9.01. The molecule has 1 atom stereocenters. The molecule has 1 aromatic rings. The molecule has 1 aliphatic heterocycles. The van der Waals surface area contributed by atoms with Crippen LogP contribution in [0.1, 0.15) is 49.0 Å². The second-order valence-corrected chi connectivity index (χ2v) is 5.52. The van der Waals surface area contributed by atoms with E-state index in [1.165, 1.54) is 44.7 Å². The second-order valence-electron chi connectivity index (χ2n) is 5.52. The van der Waals surface area contributed by atoms with Gasteiger partial charge < -0.3 is 10.0 Å². The van der Waals surface area contributed by atoms with Crippen molar-refractivity contribution in [2.45, 2.75) is 44.6 Å². The average molecular weight is 261 g/mol. The largest absolute Gasteiger partial charge is 0.476 e. The van der Waals surface area contributed by atoms with Crippen LogP contribution in [0.5, 0.6) is 0 Å². The van der Waals surface area contributed by atoms with Crippen molar-refractivity contribution in [1.29, 1.82) is 0 Å².